The van der Waals surface area contributed by atoms with Crippen molar-refractivity contribution in [3.8, 4) is 0 Å². The first-order valence-electron chi connectivity index (χ1n) is 9.88. The smallest absolute Gasteiger partial charge is 0.225 e. The highest BCUT2D eigenvalue weighted by atomic mass is 32.2. The van der Waals surface area contributed by atoms with E-state index in [1.807, 2.05) is 47.8 Å². The Kier molecular flexibility index (Phi) is 6.06. The Morgan fingerprint density at radius 1 is 1.17 bits per heavy atom. The van der Waals surface area contributed by atoms with E-state index < -0.39 is 10.0 Å². The minimum absolute atomic E-state index is 0.0377. The average molecular weight is 435 g/mol. The first-order valence-corrected chi connectivity index (χ1v) is 12.4. The Morgan fingerprint density at radius 2 is 1.93 bits per heavy atom. The number of nitrogens with one attached hydrogen (secondary N) is 1. The van der Waals surface area contributed by atoms with Crippen LogP contribution in [0.25, 0.3) is 0 Å². The highest BCUT2D eigenvalue weighted by molar-refractivity contribution is 7.88. The van der Waals surface area contributed by atoms with Gasteiger partial charge in [-0.25, -0.2) is 12.7 Å². The third-order valence-electron chi connectivity index (χ3n) is 6.02. The monoisotopic (exact) mass is 434 g/mol. The van der Waals surface area contributed by atoms with E-state index in [2.05, 4.69) is 5.32 Å². The molecule has 0 radical (unpaired) electrons. The van der Waals surface area contributed by atoms with Crippen LogP contribution in [0.5, 0.6) is 0 Å². The molecule has 1 atom stereocenters. The van der Waals surface area contributed by atoms with Gasteiger partial charge in [0.2, 0.25) is 15.9 Å². The van der Waals surface area contributed by atoms with E-state index in [-0.39, 0.29) is 29.5 Å². The van der Waals surface area contributed by atoms with Crippen molar-refractivity contribution in [2.45, 2.75) is 25.1 Å². The molecule has 1 aromatic heterocycles. The van der Waals surface area contributed by atoms with Crippen LogP contribution in [0.3, 0.4) is 0 Å². The summed E-state index contributed by atoms with van der Waals surface area (Å²) in [6.07, 6.45) is 1.42. The first-order chi connectivity index (χ1) is 14.0. The van der Waals surface area contributed by atoms with Gasteiger partial charge in [0.1, 0.15) is 0 Å². The second-order valence-electron chi connectivity index (χ2n) is 7.86. The molecule has 3 heterocycles. The molecule has 8 heteroatoms. The molecule has 2 aliphatic heterocycles. The fraction of sp³-hybridized carbons (Fsp3) is 0.476. The number of thiophene rings is 1. The number of carbonyl (C=O) groups is 1. The van der Waals surface area contributed by atoms with Gasteiger partial charge in [0.15, 0.2) is 0 Å². The van der Waals surface area contributed by atoms with E-state index in [4.69, 9.17) is 4.74 Å². The highest BCUT2D eigenvalue weighted by Gasteiger charge is 2.53. The molecular formula is C21H26N2O4S2. The molecule has 2 fully saturated rings. The molecule has 0 saturated carbocycles. The lowest BCUT2D eigenvalue weighted by molar-refractivity contribution is -0.130. The minimum Gasteiger partial charge on any atom is -0.381 e. The van der Waals surface area contributed by atoms with Crippen LogP contribution in [0.15, 0.2) is 47.8 Å². The van der Waals surface area contributed by atoms with Gasteiger partial charge in [-0.1, -0.05) is 36.4 Å². The van der Waals surface area contributed by atoms with Gasteiger partial charge in [0.05, 0.1) is 18.2 Å². The zero-order valence-electron chi connectivity index (χ0n) is 16.2. The molecule has 1 spiro atoms. The third-order valence-corrected chi connectivity index (χ3v) is 8.66. The Bertz CT molecular complexity index is 923. The van der Waals surface area contributed by atoms with Crippen molar-refractivity contribution in [3.63, 3.8) is 0 Å². The van der Waals surface area contributed by atoms with Gasteiger partial charge in [-0.15, -0.1) is 11.3 Å². The third kappa shape index (κ3) is 4.55. The van der Waals surface area contributed by atoms with E-state index in [0.29, 0.717) is 39.1 Å². The number of sulfonamides is 1. The molecule has 1 N–H and O–H groups in total. The lowest BCUT2D eigenvalue weighted by atomic mass is 9.72. The summed E-state index contributed by atoms with van der Waals surface area (Å²) in [6, 6.07) is 13.1. The summed E-state index contributed by atoms with van der Waals surface area (Å²) < 4.78 is 33.3. The quantitative estimate of drug-likeness (QED) is 0.758. The molecule has 1 aromatic carbocycles. The second-order valence-corrected chi connectivity index (χ2v) is 10.9. The summed E-state index contributed by atoms with van der Waals surface area (Å²) in [7, 11) is -3.50. The minimum atomic E-state index is -3.50. The largest absolute Gasteiger partial charge is 0.381 e. The van der Waals surface area contributed by atoms with Gasteiger partial charge in [-0.05, 0) is 29.9 Å². The maximum Gasteiger partial charge on any atom is 0.225 e. The molecule has 29 heavy (non-hydrogen) atoms. The molecule has 2 saturated heterocycles. The first kappa shape index (κ1) is 20.5. The molecule has 4 rings (SSSR count). The summed E-state index contributed by atoms with van der Waals surface area (Å²) in [5.41, 5.74) is 0.417. The molecule has 1 unspecified atom stereocenters. The van der Waals surface area contributed by atoms with Crippen molar-refractivity contribution >= 4 is 27.3 Å². The summed E-state index contributed by atoms with van der Waals surface area (Å²) >= 11 is 1.60. The molecule has 0 bridgehead atoms. The molecule has 1 amide bonds. The van der Waals surface area contributed by atoms with Crippen molar-refractivity contribution in [1.29, 1.82) is 0 Å². The number of amides is 1. The predicted molar refractivity (Wildman–Crippen MR) is 113 cm³/mol. The van der Waals surface area contributed by atoms with Crippen LogP contribution >= 0.6 is 11.3 Å². The molecule has 0 aliphatic carbocycles. The summed E-state index contributed by atoms with van der Waals surface area (Å²) in [6.45, 7) is 2.26. The lowest BCUT2D eigenvalue weighted by Gasteiger charge is -2.37. The van der Waals surface area contributed by atoms with Crippen molar-refractivity contribution in [1.82, 2.24) is 9.62 Å². The van der Waals surface area contributed by atoms with Gasteiger partial charge in [-0.2, -0.15) is 0 Å². The molecule has 2 aliphatic rings. The van der Waals surface area contributed by atoms with Gasteiger partial charge in [-0.3, -0.25) is 4.79 Å². The zero-order chi connectivity index (χ0) is 20.3. The standard InChI is InChI=1S/C21H26N2O4S2/c24-20(22-13-18-7-4-12-28-18)19-14-23(16-21(19)8-10-27-11-9-21)29(25,26)15-17-5-2-1-3-6-17/h1-7,12,19H,8-11,13-16H2,(H,22,24). The van der Waals surface area contributed by atoms with Crippen LogP contribution in [0, 0.1) is 11.3 Å². The SMILES string of the molecule is O=C(NCc1cccs1)C1CN(S(=O)(=O)Cc2ccccc2)CC12CCOCC2. The molecular weight excluding hydrogens is 408 g/mol. The maximum atomic E-state index is 13.1. The average Bonchev–Trinajstić information content (AvgIpc) is 3.36. The topological polar surface area (TPSA) is 75.7 Å². The fourth-order valence-corrected chi connectivity index (χ4v) is 6.64. The highest BCUT2D eigenvalue weighted by Crippen LogP contribution is 2.45. The van der Waals surface area contributed by atoms with Crippen LogP contribution in [0.2, 0.25) is 0 Å². The summed E-state index contributed by atoms with van der Waals surface area (Å²) in [5.74, 6) is -0.446. The Balaban J connectivity index is 1.51. The predicted octanol–water partition coefficient (Wildman–Crippen LogP) is 2.62. The van der Waals surface area contributed by atoms with Gasteiger partial charge < -0.3 is 10.1 Å². The number of rotatable bonds is 6. The number of hydrogen-bond acceptors (Lipinski definition) is 5. The number of ether oxygens (including phenoxy) is 1. The number of nitrogens with zero attached hydrogens (tertiary/aromatic N) is 1. The number of carbonyl (C=O) groups excluding carboxylic acids is 1. The Labute approximate surface area is 175 Å². The van der Waals surface area contributed by atoms with Gasteiger partial charge >= 0.3 is 0 Å². The maximum absolute atomic E-state index is 13.1. The van der Waals surface area contributed by atoms with Crippen LogP contribution in [-0.4, -0.2) is 44.9 Å². The van der Waals surface area contributed by atoms with Crippen molar-refractivity contribution < 1.29 is 17.9 Å². The fourth-order valence-electron chi connectivity index (χ4n) is 4.37. The van der Waals surface area contributed by atoms with E-state index in [1.165, 1.54) is 4.31 Å². The zero-order valence-corrected chi connectivity index (χ0v) is 17.9. The number of benzene rings is 1. The van der Waals surface area contributed by atoms with Crippen LogP contribution < -0.4 is 5.32 Å². The molecule has 156 valence electrons. The summed E-state index contributed by atoms with van der Waals surface area (Å²) in [5, 5.41) is 5.01. The van der Waals surface area contributed by atoms with E-state index in [0.717, 1.165) is 10.4 Å². The second kappa shape index (κ2) is 8.55. The van der Waals surface area contributed by atoms with E-state index in [1.54, 1.807) is 11.3 Å². The van der Waals surface area contributed by atoms with E-state index in [9.17, 15) is 13.2 Å². The van der Waals surface area contributed by atoms with Crippen molar-refractivity contribution in [2.75, 3.05) is 26.3 Å². The molecule has 6 nitrogen and oxygen atoms in total. The van der Waals surface area contributed by atoms with Crippen molar-refractivity contribution in [3.05, 3.63) is 58.3 Å². The molecule has 2 aromatic rings. The van der Waals surface area contributed by atoms with Crippen LogP contribution in [-0.2, 0) is 31.9 Å². The lowest BCUT2D eigenvalue weighted by Crippen LogP contribution is -2.44. The normalized spacial score (nSPS) is 22.0. The number of hydrogen-bond donors (Lipinski definition) is 1. The summed E-state index contributed by atoms with van der Waals surface area (Å²) in [4.78, 5) is 14.2. The van der Waals surface area contributed by atoms with Gasteiger partial charge in [0, 0.05) is 36.6 Å². The Hall–Kier alpha value is -1.74. The van der Waals surface area contributed by atoms with Crippen LogP contribution in [0.4, 0.5) is 0 Å². The van der Waals surface area contributed by atoms with Crippen molar-refractivity contribution in [2.24, 2.45) is 11.3 Å². The van der Waals surface area contributed by atoms with Gasteiger partial charge in [0.25, 0.3) is 0 Å². The van der Waals surface area contributed by atoms with Crippen LogP contribution in [0.1, 0.15) is 23.3 Å². The Morgan fingerprint density at radius 3 is 2.62 bits per heavy atom. The van der Waals surface area contributed by atoms with E-state index >= 15 is 0 Å².